The van der Waals surface area contributed by atoms with Gasteiger partial charge in [0.2, 0.25) is 5.91 Å². The van der Waals surface area contributed by atoms with E-state index in [1.807, 2.05) is 0 Å². The Labute approximate surface area is 121 Å². The molecule has 0 radical (unpaired) electrons. The van der Waals surface area contributed by atoms with E-state index in [-0.39, 0.29) is 24.0 Å². The number of amides is 1. The van der Waals surface area contributed by atoms with E-state index in [2.05, 4.69) is 5.32 Å². The molecule has 2 N–H and O–H groups in total. The summed E-state index contributed by atoms with van der Waals surface area (Å²) in [5.74, 6) is -1.32. The zero-order chi connectivity index (χ0) is 16.0. The number of hydrogen-bond acceptors (Lipinski definition) is 6. The molecule has 0 aliphatic heterocycles. The highest BCUT2D eigenvalue weighted by Gasteiger charge is 2.15. The topological polar surface area (TPSA) is 102 Å². The Balaban J connectivity index is 2.99. The first-order chi connectivity index (χ1) is 9.79. The number of benzene rings is 1. The molecule has 0 saturated heterocycles. The molecule has 1 atom stereocenters. The van der Waals surface area contributed by atoms with Gasteiger partial charge >= 0.3 is 11.9 Å². The van der Waals surface area contributed by atoms with E-state index in [0.29, 0.717) is 5.56 Å². The Bertz CT molecular complexity index is 554. The number of ether oxygens (including phenoxy) is 2. The van der Waals surface area contributed by atoms with Crippen molar-refractivity contribution in [2.75, 3.05) is 6.54 Å². The van der Waals surface area contributed by atoms with E-state index in [0.717, 1.165) is 0 Å². The van der Waals surface area contributed by atoms with Crippen molar-refractivity contribution >= 4 is 17.8 Å². The van der Waals surface area contributed by atoms with E-state index < -0.39 is 18.0 Å². The van der Waals surface area contributed by atoms with E-state index >= 15 is 0 Å². The van der Waals surface area contributed by atoms with Crippen LogP contribution < -0.4 is 14.8 Å². The molecule has 21 heavy (non-hydrogen) atoms. The molecule has 1 aromatic rings. The van der Waals surface area contributed by atoms with Crippen molar-refractivity contribution in [1.29, 1.82) is 0 Å². The lowest BCUT2D eigenvalue weighted by molar-refractivity contribution is -0.134. The fourth-order valence-corrected chi connectivity index (χ4v) is 1.56. The van der Waals surface area contributed by atoms with Gasteiger partial charge in [0.15, 0.2) is 11.5 Å². The molecule has 0 aliphatic rings. The van der Waals surface area contributed by atoms with E-state index in [1.54, 1.807) is 0 Å². The summed E-state index contributed by atoms with van der Waals surface area (Å²) < 4.78 is 9.86. The average molecular weight is 295 g/mol. The fourth-order valence-electron chi connectivity index (χ4n) is 1.56. The first-order valence-electron chi connectivity index (χ1n) is 6.23. The smallest absolute Gasteiger partial charge is 0.308 e. The highest BCUT2D eigenvalue weighted by molar-refractivity contribution is 5.74. The third-order valence-corrected chi connectivity index (χ3v) is 2.40. The maximum absolute atomic E-state index is 11.1. The van der Waals surface area contributed by atoms with Crippen LogP contribution in [0.2, 0.25) is 0 Å². The molecule has 7 nitrogen and oxygen atoms in total. The number of nitrogens with one attached hydrogen (secondary N) is 1. The molecular formula is C14H17NO6. The zero-order valence-corrected chi connectivity index (χ0v) is 12.0. The minimum Gasteiger partial charge on any atom is -0.423 e. The first-order valence-corrected chi connectivity index (χ1v) is 6.23. The summed E-state index contributed by atoms with van der Waals surface area (Å²) in [6.45, 7) is 3.78. The van der Waals surface area contributed by atoms with Crippen molar-refractivity contribution in [2.24, 2.45) is 0 Å². The molecule has 1 amide bonds. The molecule has 0 spiro atoms. The lowest BCUT2D eigenvalue weighted by atomic mass is 10.1. The minimum absolute atomic E-state index is 0.0156. The van der Waals surface area contributed by atoms with Crippen LogP contribution in [0.4, 0.5) is 0 Å². The molecule has 7 heteroatoms. The monoisotopic (exact) mass is 295 g/mol. The summed E-state index contributed by atoms with van der Waals surface area (Å²) in [5.41, 5.74) is 0.413. The summed E-state index contributed by atoms with van der Waals surface area (Å²) >= 11 is 0. The van der Waals surface area contributed by atoms with Crippen molar-refractivity contribution in [2.45, 2.75) is 26.9 Å². The fraction of sp³-hybridized carbons (Fsp3) is 0.357. The van der Waals surface area contributed by atoms with Crippen molar-refractivity contribution < 1.29 is 29.0 Å². The SMILES string of the molecule is CC(=O)NC[C@@H](O)c1ccc(OC(C)=O)c(OC(C)=O)c1. The molecule has 0 aliphatic carbocycles. The van der Waals surface area contributed by atoms with Gasteiger partial charge in [-0.3, -0.25) is 14.4 Å². The summed E-state index contributed by atoms with van der Waals surface area (Å²) in [6, 6.07) is 4.30. The molecule has 0 heterocycles. The van der Waals surface area contributed by atoms with E-state index in [1.165, 1.54) is 39.0 Å². The predicted molar refractivity (Wildman–Crippen MR) is 72.7 cm³/mol. The highest BCUT2D eigenvalue weighted by atomic mass is 16.6. The Morgan fingerprint density at radius 1 is 1.10 bits per heavy atom. The molecule has 114 valence electrons. The summed E-state index contributed by atoms with van der Waals surface area (Å²) in [5, 5.41) is 12.4. The molecular weight excluding hydrogens is 278 g/mol. The zero-order valence-electron chi connectivity index (χ0n) is 12.0. The number of aliphatic hydroxyl groups is 1. The van der Waals surface area contributed by atoms with Crippen LogP contribution in [0.3, 0.4) is 0 Å². The maximum Gasteiger partial charge on any atom is 0.308 e. The third-order valence-electron chi connectivity index (χ3n) is 2.40. The second-order valence-corrected chi connectivity index (χ2v) is 4.35. The maximum atomic E-state index is 11.1. The molecule has 0 saturated carbocycles. The van der Waals surface area contributed by atoms with Crippen molar-refractivity contribution in [1.82, 2.24) is 5.32 Å². The third kappa shape index (κ3) is 5.62. The van der Waals surface area contributed by atoms with Crippen LogP contribution in [0.25, 0.3) is 0 Å². The van der Waals surface area contributed by atoms with Crippen LogP contribution in [-0.4, -0.2) is 29.5 Å². The Morgan fingerprint density at radius 3 is 2.19 bits per heavy atom. The quantitative estimate of drug-likeness (QED) is 0.612. The second kappa shape index (κ2) is 7.39. The van der Waals surface area contributed by atoms with Crippen molar-refractivity contribution in [3.8, 4) is 11.5 Å². The Kier molecular flexibility index (Phi) is 5.86. The summed E-state index contributed by atoms with van der Waals surface area (Å²) in [6.07, 6.45) is -0.977. The first kappa shape index (κ1) is 16.6. The van der Waals surface area contributed by atoms with Crippen LogP contribution in [0.1, 0.15) is 32.4 Å². The Morgan fingerprint density at radius 2 is 1.67 bits per heavy atom. The van der Waals surface area contributed by atoms with Gasteiger partial charge in [-0.1, -0.05) is 6.07 Å². The van der Waals surface area contributed by atoms with Crippen LogP contribution in [0, 0.1) is 0 Å². The second-order valence-electron chi connectivity index (χ2n) is 4.35. The molecule has 1 rings (SSSR count). The van der Waals surface area contributed by atoms with Gasteiger partial charge in [0.1, 0.15) is 0 Å². The molecule has 0 bridgehead atoms. The number of esters is 2. The summed E-state index contributed by atoms with van der Waals surface area (Å²) in [7, 11) is 0. The lowest BCUT2D eigenvalue weighted by Gasteiger charge is -2.14. The number of carbonyl (C=O) groups excluding carboxylic acids is 3. The normalized spacial score (nSPS) is 11.4. The van der Waals surface area contributed by atoms with Crippen LogP contribution in [0.15, 0.2) is 18.2 Å². The average Bonchev–Trinajstić information content (AvgIpc) is 2.36. The number of aliphatic hydroxyl groups excluding tert-OH is 1. The molecule has 0 fully saturated rings. The van der Waals surface area contributed by atoms with Gasteiger partial charge in [0.05, 0.1) is 6.10 Å². The lowest BCUT2D eigenvalue weighted by Crippen LogP contribution is -2.25. The van der Waals surface area contributed by atoms with Gasteiger partial charge in [0.25, 0.3) is 0 Å². The number of rotatable bonds is 5. The van der Waals surface area contributed by atoms with Gasteiger partial charge < -0.3 is 19.9 Å². The van der Waals surface area contributed by atoms with Crippen LogP contribution in [0.5, 0.6) is 11.5 Å². The minimum atomic E-state index is -0.977. The van der Waals surface area contributed by atoms with Crippen LogP contribution in [-0.2, 0) is 14.4 Å². The number of carbonyl (C=O) groups is 3. The van der Waals surface area contributed by atoms with Gasteiger partial charge in [-0.2, -0.15) is 0 Å². The summed E-state index contributed by atoms with van der Waals surface area (Å²) in [4.78, 5) is 32.9. The molecule has 1 aromatic carbocycles. The molecule has 0 unspecified atom stereocenters. The van der Waals surface area contributed by atoms with Crippen molar-refractivity contribution in [3.63, 3.8) is 0 Å². The van der Waals surface area contributed by atoms with Gasteiger partial charge in [-0.15, -0.1) is 0 Å². The van der Waals surface area contributed by atoms with Crippen molar-refractivity contribution in [3.05, 3.63) is 23.8 Å². The van der Waals surface area contributed by atoms with E-state index in [4.69, 9.17) is 9.47 Å². The number of hydrogen-bond donors (Lipinski definition) is 2. The Hall–Kier alpha value is -2.41. The standard InChI is InChI=1S/C14H17NO6/c1-8(16)15-7-12(19)11-4-5-13(20-9(2)17)14(6-11)21-10(3)18/h4-6,12,19H,7H2,1-3H3,(H,15,16)/t12-/m1/s1. The van der Waals surface area contributed by atoms with Gasteiger partial charge in [-0.05, 0) is 17.7 Å². The highest BCUT2D eigenvalue weighted by Crippen LogP contribution is 2.31. The van der Waals surface area contributed by atoms with Gasteiger partial charge in [-0.25, -0.2) is 0 Å². The largest absolute Gasteiger partial charge is 0.423 e. The van der Waals surface area contributed by atoms with Gasteiger partial charge in [0, 0.05) is 27.3 Å². The molecule has 0 aromatic heterocycles. The van der Waals surface area contributed by atoms with Crippen LogP contribution >= 0.6 is 0 Å². The van der Waals surface area contributed by atoms with E-state index in [9.17, 15) is 19.5 Å². The predicted octanol–water partition coefficient (Wildman–Crippen LogP) is 0.707.